The van der Waals surface area contributed by atoms with E-state index in [1.54, 1.807) is 25.4 Å². The Balaban J connectivity index is 1.69. The van der Waals surface area contributed by atoms with E-state index < -0.39 is 0 Å². The number of nitrogens with one attached hydrogen (secondary N) is 3. The summed E-state index contributed by atoms with van der Waals surface area (Å²) in [7, 11) is 3.41. The lowest BCUT2D eigenvalue weighted by molar-refractivity contribution is 0.0963. The lowest BCUT2D eigenvalue weighted by atomic mass is 10.1. The van der Waals surface area contributed by atoms with Gasteiger partial charge in [-0.25, -0.2) is 4.98 Å². The van der Waals surface area contributed by atoms with E-state index in [1.165, 1.54) is 5.01 Å². The molecule has 2 rings (SSSR count). The minimum absolute atomic E-state index is 0.0623. The quantitative estimate of drug-likeness (QED) is 0.376. The van der Waals surface area contributed by atoms with Gasteiger partial charge in [-0.05, 0) is 37.5 Å². The highest BCUT2D eigenvalue weighted by Gasteiger charge is 2.04. The van der Waals surface area contributed by atoms with Crippen LogP contribution < -0.4 is 16.0 Å². The molecule has 0 aliphatic carbocycles. The van der Waals surface area contributed by atoms with Gasteiger partial charge in [0.05, 0.1) is 5.01 Å². The monoisotopic (exact) mass is 373 g/mol. The van der Waals surface area contributed by atoms with E-state index in [2.05, 4.69) is 31.3 Å². The fourth-order valence-corrected chi connectivity index (χ4v) is 3.34. The highest BCUT2D eigenvalue weighted by atomic mass is 32.1. The summed E-state index contributed by atoms with van der Waals surface area (Å²) in [6, 6.07) is 7.68. The number of carbonyl (C=O) groups excluding carboxylic acids is 1. The van der Waals surface area contributed by atoms with Crippen molar-refractivity contribution >= 4 is 23.2 Å². The summed E-state index contributed by atoms with van der Waals surface area (Å²) in [6.07, 6.45) is 2.82. The molecule has 0 saturated heterocycles. The van der Waals surface area contributed by atoms with Crippen LogP contribution in [-0.2, 0) is 12.8 Å². The van der Waals surface area contributed by atoms with Crippen molar-refractivity contribution in [1.82, 2.24) is 20.9 Å². The van der Waals surface area contributed by atoms with Gasteiger partial charge in [0.25, 0.3) is 5.91 Å². The number of hydrogen-bond acceptors (Lipinski definition) is 4. The summed E-state index contributed by atoms with van der Waals surface area (Å²) in [4.78, 5) is 20.4. The normalized spacial score (nSPS) is 11.3. The van der Waals surface area contributed by atoms with Gasteiger partial charge in [-0.2, -0.15) is 0 Å². The Hall–Kier alpha value is -2.41. The van der Waals surface area contributed by atoms with Crippen LogP contribution in [0.25, 0.3) is 0 Å². The van der Waals surface area contributed by atoms with Crippen molar-refractivity contribution in [1.29, 1.82) is 0 Å². The van der Waals surface area contributed by atoms with Gasteiger partial charge in [0.15, 0.2) is 5.96 Å². The zero-order chi connectivity index (χ0) is 18.8. The third kappa shape index (κ3) is 6.48. The second-order valence-electron chi connectivity index (χ2n) is 5.94. The second-order valence-corrected chi connectivity index (χ2v) is 6.88. The first kappa shape index (κ1) is 19.9. The summed E-state index contributed by atoms with van der Waals surface area (Å²) in [5.41, 5.74) is 2.90. The second kappa shape index (κ2) is 10.6. The van der Waals surface area contributed by atoms with Crippen LogP contribution in [0.15, 0.2) is 34.6 Å². The topological polar surface area (TPSA) is 78.4 Å². The zero-order valence-electron chi connectivity index (χ0n) is 15.6. The number of benzene rings is 1. The molecule has 7 heteroatoms. The van der Waals surface area contributed by atoms with Crippen molar-refractivity contribution in [2.75, 3.05) is 27.2 Å². The average molecular weight is 374 g/mol. The molecule has 1 aromatic heterocycles. The third-order valence-corrected chi connectivity index (χ3v) is 4.90. The van der Waals surface area contributed by atoms with Crippen molar-refractivity contribution in [3.8, 4) is 0 Å². The number of guanidine groups is 1. The average Bonchev–Trinajstić information content (AvgIpc) is 3.08. The number of thiazole rings is 1. The largest absolute Gasteiger partial charge is 0.356 e. The minimum Gasteiger partial charge on any atom is -0.356 e. The molecular formula is C19H27N5OS. The molecule has 0 saturated carbocycles. The SMILES string of the molecule is CN=C(NCCCc1nc(C)cs1)NCCc1cccc(C(=O)NC)c1. The van der Waals surface area contributed by atoms with Crippen molar-refractivity contribution < 1.29 is 4.79 Å². The van der Waals surface area contributed by atoms with E-state index in [9.17, 15) is 4.79 Å². The molecule has 2 aromatic rings. The molecule has 0 aliphatic rings. The van der Waals surface area contributed by atoms with E-state index in [4.69, 9.17) is 0 Å². The number of hydrogen-bond donors (Lipinski definition) is 3. The van der Waals surface area contributed by atoms with E-state index >= 15 is 0 Å². The molecule has 1 heterocycles. The van der Waals surface area contributed by atoms with Crippen LogP contribution in [0.1, 0.15) is 33.0 Å². The van der Waals surface area contributed by atoms with Crippen LogP contribution in [0.3, 0.4) is 0 Å². The van der Waals surface area contributed by atoms with Crippen LogP contribution in [0.4, 0.5) is 0 Å². The van der Waals surface area contributed by atoms with Crippen molar-refractivity contribution in [2.24, 2.45) is 4.99 Å². The Morgan fingerprint density at radius 2 is 2.04 bits per heavy atom. The van der Waals surface area contributed by atoms with Crippen molar-refractivity contribution in [3.05, 3.63) is 51.5 Å². The Labute approximate surface area is 159 Å². The molecular weight excluding hydrogens is 346 g/mol. The Morgan fingerprint density at radius 3 is 2.73 bits per heavy atom. The maximum absolute atomic E-state index is 11.7. The van der Waals surface area contributed by atoms with Gasteiger partial charge in [0.2, 0.25) is 0 Å². The molecule has 26 heavy (non-hydrogen) atoms. The summed E-state index contributed by atoms with van der Waals surface area (Å²) >= 11 is 1.72. The number of amides is 1. The maximum atomic E-state index is 11.7. The molecule has 1 aromatic carbocycles. The van der Waals surface area contributed by atoms with Crippen LogP contribution in [0, 0.1) is 6.92 Å². The van der Waals surface area contributed by atoms with E-state index in [0.717, 1.165) is 49.6 Å². The summed E-state index contributed by atoms with van der Waals surface area (Å²) < 4.78 is 0. The predicted molar refractivity (Wildman–Crippen MR) is 108 cm³/mol. The standard InChI is InChI=1S/C19H27N5OS/c1-14-13-26-17(24-14)8-5-10-22-19(21-3)23-11-9-15-6-4-7-16(12-15)18(25)20-2/h4,6-7,12-13H,5,8-11H2,1-3H3,(H,20,25)(H2,21,22,23). The molecule has 0 bridgehead atoms. The summed E-state index contributed by atoms with van der Waals surface area (Å²) in [5.74, 6) is 0.732. The van der Waals surface area contributed by atoms with Gasteiger partial charge >= 0.3 is 0 Å². The maximum Gasteiger partial charge on any atom is 0.251 e. The van der Waals surface area contributed by atoms with Gasteiger partial charge in [-0.3, -0.25) is 9.79 Å². The molecule has 0 fully saturated rings. The minimum atomic E-state index is -0.0623. The first-order valence-corrected chi connectivity index (χ1v) is 9.67. The molecule has 0 unspecified atom stereocenters. The first-order chi connectivity index (χ1) is 12.6. The number of aliphatic imine (C=N–C) groups is 1. The van der Waals surface area contributed by atoms with E-state index in [1.807, 2.05) is 31.2 Å². The van der Waals surface area contributed by atoms with Gasteiger partial charge in [-0.1, -0.05) is 12.1 Å². The third-order valence-electron chi connectivity index (χ3n) is 3.87. The molecule has 0 atom stereocenters. The van der Waals surface area contributed by atoms with Gasteiger partial charge in [-0.15, -0.1) is 11.3 Å². The fraction of sp³-hybridized carbons (Fsp3) is 0.421. The number of rotatable bonds is 8. The number of aryl methyl sites for hydroxylation is 2. The Morgan fingerprint density at radius 1 is 1.23 bits per heavy atom. The fourth-order valence-electron chi connectivity index (χ4n) is 2.52. The smallest absolute Gasteiger partial charge is 0.251 e. The van der Waals surface area contributed by atoms with Gasteiger partial charge < -0.3 is 16.0 Å². The Kier molecular flexibility index (Phi) is 8.08. The van der Waals surface area contributed by atoms with Crippen molar-refractivity contribution in [2.45, 2.75) is 26.2 Å². The molecule has 0 aliphatic heterocycles. The lowest BCUT2D eigenvalue weighted by Crippen LogP contribution is -2.38. The lowest BCUT2D eigenvalue weighted by Gasteiger charge is -2.12. The van der Waals surface area contributed by atoms with Crippen molar-refractivity contribution in [3.63, 3.8) is 0 Å². The highest BCUT2D eigenvalue weighted by molar-refractivity contribution is 7.09. The molecule has 6 nitrogen and oxygen atoms in total. The van der Waals surface area contributed by atoms with E-state index in [0.29, 0.717) is 5.56 Å². The summed E-state index contributed by atoms with van der Waals surface area (Å²) in [6.45, 7) is 3.63. The summed E-state index contributed by atoms with van der Waals surface area (Å²) in [5, 5.41) is 12.5. The predicted octanol–water partition coefficient (Wildman–Crippen LogP) is 2.15. The zero-order valence-corrected chi connectivity index (χ0v) is 16.4. The molecule has 0 radical (unpaired) electrons. The van der Waals surface area contributed by atoms with Crippen LogP contribution in [0.5, 0.6) is 0 Å². The van der Waals surface area contributed by atoms with E-state index in [-0.39, 0.29) is 5.91 Å². The highest BCUT2D eigenvalue weighted by Crippen LogP contribution is 2.10. The van der Waals surface area contributed by atoms with Crippen LogP contribution >= 0.6 is 11.3 Å². The van der Waals surface area contributed by atoms with Crippen LogP contribution in [-0.4, -0.2) is 44.0 Å². The number of carbonyl (C=O) groups is 1. The number of aromatic nitrogens is 1. The molecule has 1 amide bonds. The Bertz CT molecular complexity index is 741. The molecule has 3 N–H and O–H groups in total. The molecule has 140 valence electrons. The number of nitrogens with zero attached hydrogens (tertiary/aromatic N) is 2. The molecule has 0 spiro atoms. The first-order valence-electron chi connectivity index (χ1n) is 8.79. The van der Waals surface area contributed by atoms with Gasteiger partial charge in [0.1, 0.15) is 0 Å². The van der Waals surface area contributed by atoms with Gasteiger partial charge in [0, 0.05) is 50.2 Å². The van der Waals surface area contributed by atoms with Crippen LogP contribution in [0.2, 0.25) is 0 Å².